The molecule has 2 bridgehead atoms. The van der Waals surface area contributed by atoms with Crippen LogP contribution in [0, 0.1) is 29.1 Å². The Labute approximate surface area is 82.4 Å². The van der Waals surface area contributed by atoms with Gasteiger partial charge in [0.05, 0.1) is 0 Å². The maximum absolute atomic E-state index is 3.87. The van der Waals surface area contributed by atoms with Crippen molar-refractivity contribution >= 4 is 0 Å². The number of allylic oxidation sites excluding steroid dienone is 1. The second kappa shape index (κ2) is 2.87. The van der Waals surface area contributed by atoms with Crippen molar-refractivity contribution in [3.8, 4) is 0 Å². The summed E-state index contributed by atoms with van der Waals surface area (Å²) in [6.45, 7) is 11.2. The normalized spacial score (nSPS) is 46.7. The molecule has 3 aliphatic carbocycles. The van der Waals surface area contributed by atoms with Crippen molar-refractivity contribution in [3.05, 3.63) is 12.7 Å². The van der Waals surface area contributed by atoms with E-state index < -0.39 is 0 Å². The molecular weight excluding hydrogens is 156 g/mol. The molecule has 13 heavy (non-hydrogen) atoms. The highest BCUT2D eigenvalue weighted by Gasteiger charge is 2.55. The lowest BCUT2D eigenvalue weighted by atomic mass is 9.43. The van der Waals surface area contributed by atoms with Crippen molar-refractivity contribution in [1.82, 2.24) is 0 Å². The second-order valence-electron chi connectivity index (χ2n) is 5.74. The van der Waals surface area contributed by atoms with Crippen LogP contribution in [-0.2, 0) is 0 Å². The molecule has 0 saturated heterocycles. The molecule has 4 atom stereocenters. The smallest absolute Gasteiger partial charge is 0.0295 e. The van der Waals surface area contributed by atoms with Crippen LogP contribution in [0.15, 0.2) is 12.7 Å². The van der Waals surface area contributed by atoms with Gasteiger partial charge >= 0.3 is 0 Å². The molecular formula is C13H22. The first kappa shape index (κ1) is 9.30. The van der Waals surface area contributed by atoms with Crippen LogP contribution in [0.5, 0.6) is 0 Å². The van der Waals surface area contributed by atoms with Crippen LogP contribution in [0.4, 0.5) is 0 Å². The Morgan fingerprint density at radius 2 is 2.08 bits per heavy atom. The predicted octanol–water partition coefficient (Wildman–Crippen LogP) is 3.88. The van der Waals surface area contributed by atoms with Gasteiger partial charge in [-0.2, -0.15) is 0 Å². The van der Waals surface area contributed by atoms with Crippen molar-refractivity contribution in [1.29, 1.82) is 0 Å². The molecule has 0 aromatic carbocycles. The highest BCUT2D eigenvalue weighted by molar-refractivity contribution is 5.05. The number of hydrogen-bond donors (Lipinski definition) is 0. The minimum atomic E-state index is 0.650. The topological polar surface area (TPSA) is 0 Å². The average Bonchev–Trinajstić information content (AvgIpc) is 2.08. The first-order valence-electron chi connectivity index (χ1n) is 5.68. The molecule has 0 aromatic rings. The van der Waals surface area contributed by atoms with E-state index in [2.05, 4.69) is 33.4 Å². The molecule has 0 aliphatic heterocycles. The lowest BCUT2D eigenvalue weighted by Gasteiger charge is -2.62. The van der Waals surface area contributed by atoms with E-state index in [0.717, 1.165) is 23.7 Å². The third-order valence-electron chi connectivity index (χ3n) is 4.98. The molecule has 0 heterocycles. The zero-order valence-electron chi connectivity index (χ0n) is 9.22. The fraction of sp³-hybridized carbons (Fsp3) is 0.846. The van der Waals surface area contributed by atoms with Crippen molar-refractivity contribution < 1.29 is 0 Å². The third kappa shape index (κ3) is 1.18. The van der Waals surface area contributed by atoms with Gasteiger partial charge in [0.15, 0.2) is 0 Å². The van der Waals surface area contributed by atoms with E-state index in [0.29, 0.717) is 5.41 Å². The summed E-state index contributed by atoms with van der Waals surface area (Å²) < 4.78 is 0. The van der Waals surface area contributed by atoms with E-state index in [1.54, 1.807) is 0 Å². The Morgan fingerprint density at radius 3 is 2.54 bits per heavy atom. The molecule has 0 aromatic heterocycles. The molecule has 0 radical (unpaired) electrons. The molecule has 0 spiro atoms. The summed E-state index contributed by atoms with van der Waals surface area (Å²) in [5.74, 6) is 3.88. The Balaban J connectivity index is 2.07. The average molecular weight is 178 g/mol. The first-order valence-corrected chi connectivity index (χ1v) is 5.68. The Kier molecular flexibility index (Phi) is 2.05. The van der Waals surface area contributed by atoms with Crippen molar-refractivity contribution in [2.75, 3.05) is 0 Å². The summed E-state index contributed by atoms with van der Waals surface area (Å²) in [5.41, 5.74) is 0.650. The molecule has 74 valence electrons. The van der Waals surface area contributed by atoms with Gasteiger partial charge in [-0.1, -0.05) is 26.8 Å². The predicted molar refractivity (Wildman–Crippen MR) is 57.5 cm³/mol. The highest BCUT2D eigenvalue weighted by atomic mass is 14.6. The Bertz CT molecular complexity index is 214. The van der Waals surface area contributed by atoms with E-state index in [4.69, 9.17) is 0 Å². The zero-order valence-corrected chi connectivity index (χ0v) is 9.22. The molecule has 0 amide bonds. The summed E-state index contributed by atoms with van der Waals surface area (Å²) in [4.78, 5) is 0. The molecule has 0 unspecified atom stereocenters. The quantitative estimate of drug-likeness (QED) is 0.563. The number of hydrogen-bond acceptors (Lipinski definition) is 0. The molecule has 0 heteroatoms. The largest absolute Gasteiger partial charge is 0.103 e. The van der Waals surface area contributed by atoms with Gasteiger partial charge in [0.1, 0.15) is 0 Å². The van der Waals surface area contributed by atoms with Crippen molar-refractivity contribution in [2.24, 2.45) is 29.1 Å². The number of rotatable bonds is 2. The van der Waals surface area contributed by atoms with E-state index in [-0.39, 0.29) is 0 Å². The van der Waals surface area contributed by atoms with Crippen LogP contribution < -0.4 is 0 Å². The fourth-order valence-electron chi connectivity index (χ4n) is 3.78. The second-order valence-corrected chi connectivity index (χ2v) is 5.74. The highest BCUT2D eigenvalue weighted by Crippen LogP contribution is 2.63. The Hall–Kier alpha value is -0.260. The van der Waals surface area contributed by atoms with Gasteiger partial charge in [-0.15, -0.1) is 6.58 Å². The monoisotopic (exact) mass is 178 g/mol. The maximum Gasteiger partial charge on any atom is -0.0295 e. The molecule has 3 saturated carbocycles. The van der Waals surface area contributed by atoms with E-state index >= 15 is 0 Å². The van der Waals surface area contributed by atoms with Crippen LogP contribution in [0.3, 0.4) is 0 Å². The molecule has 0 N–H and O–H groups in total. The van der Waals surface area contributed by atoms with Gasteiger partial charge < -0.3 is 0 Å². The third-order valence-corrected chi connectivity index (χ3v) is 4.98. The summed E-state index contributed by atoms with van der Waals surface area (Å²) in [7, 11) is 0. The van der Waals surface area contributed by atoms with E-state index in [1.807, 2.05) is 0 Å². The summed E-state index contributed by atoms with van der Waals surface area (Å²) >= 11 is 0. The van der Waals surface area contributed by atoms with Crippen molar-refractivity contribution in [3.63, 3.8) is 0 Å². The Morgan fingerprint density at radius 1 is 1.38 bits per heavy atom. The van der Waals surface area contributed by atoms with Crippen LogP contribution in [0.1, 0.15) is 40.0 Å². The summed E-state index contributed by atoms with van der Waals surface area (Å²) in [5, 5.41) is 0. The summed E-state index contributed by atoms with van der Waals surface area (Å²) in [6.07, 6.45) is 6.31. The van der Waals surface area contributed by atoms with Crippen LogP contribution in [-0.4, -0.2) is 0 Å². The molecule has 3 fully saturated rings. The van der Waals surface area contributed by atoms with Crippen LogP contribution in [0.25, 0.3) is 0 Å². The lowest BCUT2D eigenvalue weighted by molar-refractivity contribution is -0.127. The van der Waals surface area contributed by atoms with Crippen molar-refractivity contribution in [2.45, 2.75) is 40.0 Å². The van der Waals surface area contributed by atoms with Gasteiger partial charge in [0, 0.05) is 0 Å². The van der Waals surface area contributed by atoms with E-state index in [1.165, 1.54) is 19.3 Å². The maximum atomic E-state index is 3.87. The van der Waals surface area contributed by atoms with Gasteiger partial charge in [-0.3, -0.25) is 0 Å². The summed E-state index contributed by atoms with van der Waals surface area (Å²) in [6, 6.07) is 0. The molecule has 3 aliphatic rings. The van der Waals surface area contributed by atoms with Gasteiger partial charge in [-0.05, 0) is 48.3 Å². The van der Waals surface area contributed by atoms with Gasteiger partial charge in [0.25, 0.3) is 0 Å². The number of fused-ring (bicyclic) bond motifs is 2. The van der Waals surface area contributed by atoms with E-state index in [9.17, 15) is 0 Å². The minimum absolute atomic E-state index is 0.650. The van der Waals surface area contributed by atoms with Gasteiger partial charge in [-0.25, -0.2) is 0 Å². The molecule has 0 nitrogen and oxygen atoms in total. The SMILES string of the molecule is C=CC[C@H]1C[C@H]2C[C@@H]([C@@H]1C)C2(C)C. The standard InChI is InChI=1S/C13H22/c1-5-6-10-7-11-8-12(9(10)2)13(11,3)4/h5,9-12H,1,6-8H2,2-4H3/t9-,10+,11+,12+/m1/s1. The fourth-order valence-corrected chi connectivity index (χ4v) is 3.78. The van der Waals surface area contributed by atoms with Crippen LogP contribution >= 0.6 is 0 Å². The first-order chi connectivity index (χ1) is 6.07. The molecule has 3 rings (SSSR count). The van der Waals surface area contributed by atoms with Crippen LogP contribution in [0.2, 0.25) is 0 Å². The van der Waals surface area contributed by atoms with Gasteiger partial charge in [0.2, 0.25) is 0 Å². The zero-order chi connectivity index (χ0) is 9.64. The minimum Gasteiger partial charge on any atom is -0.103 e. The lowest BCUT2D eigenvalue weighted by Crippen LogP contribution is -2.54.